The van der Waals surface area contributed by atoms with Crippen LogP contribution in [0.2, 0.25) is 5.15 Å². The largest absolute Gasteiger partial charge is 0.391 e. The van der Waals surface area contributed by atoms with Crippen molar-refractivity contribution in [2.75, 3.05) is 0 Å². The molecule has 0 spiro atoms. The maximum atomic E-state index is 13.7. The number of benzene rings is 1. The lowest BCUT2D eigenvalue weighted by atomic mass is 10.1. The standard InChI is InChI=1S/C13H14ClFN2O/c1-8(2)12-9(7-18)13(14)17(16-12)11-6-4-3-5-10(11)15/h3-6,8,18H,7H2,1-2H3. The fourth-order valence-electron chi connectivity index (χ4n) is 1.84. The molecule has 0 aliphatic carbocycles. The molecule has 5 heteroatoms. The normalized spacial score (nSPS) is 11.2. The van der Waals surface area contributed by atoms with E-state index in [-0.39, 0.29) is 23.4 Å². The van der Waals surface area contributed by atoms with Gasteiger partial charge in [0, 0.05) is 5.56 Å². The molecule has 2 rings (SSSR count). The van der Waals surface area contributed by atoms with Gasteiger partial charge in [0.1, 0.15) is 16.7 Å². The molecule has 0 amide bonds. The minimum Gasteiger partial charge on any atom is -0.391 e. The average molecular weight is 269 g/mol. The minimum atomic E-state index is -0.401. The summed E-state index contributed by atoms with van der Waals surface area (Å²) in [6.07, 6.45) is 0. The average Bonchev–Trinajstić information content (AvgIpc) is 2.67. The number of halogens is 2. The van der Waals surface area contributed by atoms with Gasteiger partial charge in [-0.3, -0.25) is 0 Å². The maximum Gasteiger partial charge on any atom is 0.148 e. The number of rotatable bonds is 3. The molecule has 0 aliphatic rings. The van der Waals surface area contributed by atoms with Crippen molar-refractivity contribution in [3.05, 3.63) is 46.5 Å². The smallest absolute Gasteiger partial charge is 0.148 e. The first-order chi connectivity index (χ1) is 8.56. The number of hydrogen-bond donors (Lipinski definition) is 1. The summed E-state index contributed by atoms with van der Waals surface area (Å²) < 4.78 is 15.1. The van der Waals surface area contributed by atoms with E-state index in [4.69, 9.17) is 11.6 Å². The zero-order chi connectivity index (χ0) is 13.3. The molecule has 1 aromatic heterocycles. The van der Waals surface area contributed by atoms with E-state index in [0.717, 1.165) is 0 Å². The molecular formula is C13H14ClFN2O. The number of para-hydroxylation sites is 1. The summed E-state index contributed by atoms with van der Waals surface area (Å²) in [5.41, 5.74) is 1.52. The highest BCUT2D eigenvalue weighted by Gasteiger charge is 2.20. The van der Waals surface area contributed by atoms with E-state index in [1.165, 1.54) is 10.7 Å². The molecule has 0 unspecified atom stereocenters. The van der Waals surface area contributed by atoms with Crippen LogP contribution in [-0.2, 0) is 6.61 Å². The number of aromatic nitrogens is 2. The quantitative estimate of drug-likeness (QED) is 0.928. The molecule has 0 fully saturated rings. The molecule has 0 saturated heterocycles. The van der Waals surface area contributed by atoms with Crippen molar-refractivity contribution in [3.63, 3.8) is 0 Å². The van der Waals surface area contributed by atoms with E-state index in [2.05, 4.69) is 5.10 Å². The molecule has 1 N–H and O–H groups in total. The molecule has 18 heavy (non-hydrogen) atoms. The number of aliphatic hydroxyl groups is 1. The van der Waals surface area contributed by atoms with Crippen LogP contribution in [0.1, 0.15) is 31.0 Å². The molecule has 0 saturated carbocycles. The Kier molecular flexibility index (Phi) is 3.68. The Morgan fingerprint density at radius 2 is 2.06 bits per heavy atom. The Balaban J connectivity index is 2.63. The molecule has 2 aromatic rings. The van der Waals surface area contributed by atoms with Gasteiger partial charge < -0.3 is 5.11 Å². The van der Waals surface area contributed by atoms with Crippen molar-refractivity contribution in [1.82, 2.24) is 9.78 Å². The van der Waals surface area contributed by atoms with E-state index >= 15 is 0 Å². The van der Waals surface area contributed by atoms with Gasteiger partial charge in [-0.25, -0.2) is 9.07 Å². The molecule has 0 bridgehead atoms. The predicted molar refractivity (Wildman–Crippen MR) is 68.5 cm³/mol. The van der Waals surface area contributed by atoms with E-state index in [1.807, 2.05) is 13.8 Å². The monoisotopic (exact) mass is 268 g/mol. The molecule has 96 valence electrons. The van der Waals surface area contributed by atoms with Crippen LogP contribution < -0.4 is 0 Å². The predicted octanol–water partition coefficient (Wildman–Crippen LogP) is 3.28. The lowest BCUT2D eigenvalue weighted by Crippen LogP contribution is -2.00. The highest BCUT2D eigenvalue weighted by molar-refractivity contribution is 6.30. The van der Waals surface area contributed by atoms with Gasteiger partial charge in [-0.05, 0) is 18.1 Å². The van der Waals surface area contributed by atoms with Crippen molar-refractivity contribution in [2.24, 2.45) is 0 Å². The molecule has 3 nitrogen and oxygen atoms in total. The van der Waals surface area contributed by atoms with Gasteiger partial charge in [-0.1, -0.05) is 37.6 Å². The lowest BCUT2D eigenvalue weighted by molar-refractivity contribution is 0.280. The van der Waals surface area contributed by atoms with Gasteiger partial charge in [0.15, 0.2) is 0 Å². The van der Waals surface area contributed by atoms with E-state index < -0.39 is 5.82 Å². The van der Waals surface area contributed by atoms with Gasteiger partial charge in [-0.15, -0.1) is 0 Å². The minimum absolute atomic E-state index is 0.109. The summed E-state index contributed by atoms with van der Waals surface area (Å²) in [4.78, 5) is 0. The Morgan fingerprint density at radius 3 is 2.56 bits per heavy atom. The van der Waals surface area contributed by atoms with Crippen molar-refractivity contribution in [1.29, 1.82) is 0 Å². The molecule has 1 aromatic carbocycles. The van der Waals surface area contributed by atoms with Gasteiger partial charge in [0.25, 0.3) is 0 Å². The van der Waals surface area contributed by atoms with E-state index in [1.54, 1.807) is 18.2 Å². The highest BCUT2D eigenvalue weighted by Crippen LogP contribution is 2.29. The van der Waals surface area contributed by atoms with Crippen molar-refractivity contribution in [3.8, 4) is 5.69 Å². The van der Waals surface area contributed by atoms with Crippen LogP contribution in [0.4, 0.5) is 4.39 Å². The summed E-state index contributed by atoms with van der Waals surface area (Å²) in [6.45, 7) is 3.69. The second kappa shape index (κ2) is 5.08. The number of aliphatic hydroxyl groups excluding tert-OH is 1. The van der Waals surface area contributed by atoms with Crippen LogP contribution in [0.3, 0.4) is 0 Å². The third-order valence-corrected chi connectivity index (χ3v) is 3.13. The van der Waals surface area contributed by atoms with Crippen LogP contribution in [0.5, 0.6) is 0 Å². The summed E-state index contributed by atoms with van der Waals surface area (Å²) in [5, 5.41) is 13.9. The second-order valence-corrected chi connectivity index (χ2v) is 4.69. The van der Waals surface area contributed by atoms with Crippen LogP contribution in [-0.4, -0.2) is 14.9 Å². The first kappa shape index (κ1) is 13.1. The zero-order valence-corrected chi connectivity index (χ0v) is 10.9. The van der Waals surface area contributed by atoms with Gasteiger partial charge in [0.2, 0.25) is 0 Å². The Bertz CT molecular complexity index is 566. The van der Waals surface area contributed by atoms with Gasteiger partial charge in [0.05, 0.1) is 12.3 Å². The third kappa shape index (κ3) is 2.13. The Hall–Kier alpha value is -1.39. The number of nitrogens with zero attached hydrogens (tertiary/aromatic N) is 2. The van der Waals surface area contributed by atoms with E-state index in [0.29, 0.717) is 11.3 Å². The lowest BCUT2D eigenvalue weighted by Gasteiger charge is -2.04. The topological polar surface area (TPSA) is 38.0 Å². The Morgan fingerprint density at radius 1 is 1.39 bits per heavy atom. The van der Waals surface area contributed by atoms with Crippen LogP contribution in [0, 0.1) is 5.82 Å². The zero-order valence-electron chi connectivity index (χ0n) is 10.2. The molecule has 0 aliphatic heterocycles. The molecule has 0 radical (unpaired) electrons. The fourth-order valence-corrected chi connectivity index (χ4v) is 2.12. The van der Waals surface area contributed by atoms with E-state index in [9.17, 15) is 9.50 Å². The van der Waals surface area contributed by atoms with Crippen molar-refractivity contribution < 1.29 is 9.50 Å². The summed E-state index contributed by atoms with van der Waals surface area (Å²) in [6, 6.07) is 6.26. The van der Waals surface area contributed by atoms with Crippen LogP contribution >= 0.6 is 11.6 Å². The third-order valence-electron chi connectivity index (χ3n) is 2.74. The summed E-state index contributed by atoms with van der Waals surface area (Å²) in [5.74, 6) is -0.292. The molecule has 0 atom stereocenters. The van der Waals surface area contributed by atoms with Gasteiger partial charge >= 0.3 is 0 Å². The van der Waals surface area contributed by atoms with Crippen LogP contribution in [0.15, 0.2) is 24.3 Å². The maximum absolute atomic E-state index is 13.7. The summed E-state index contributed by atoms with van der Waals surface area (Å²) >= 11 is 6.15. The SMILES string of the molecule is CC(C)c1nn(-c2ccccc2F)c(Cl)c1CO. The highest BCUT2D eigenvalue weighted by atomic mass is 35.5. The molecule has 1 heterocycles. The van der Waals surface area contributed by atoms with Crippen LogP contribution in [0.25, 0.3) is 5.69 Å². The number of hydrogen-bond acceptors (Lipinski definition) is 2. The first-order valence-corrected chi connectivity index (χ1v) is 6.07. The summed E-state index contributed by atoms with van der Waals surface area (Å²) in [7, 11) is 0. The van der Waals surface area contributed by atoms with Crippen molar-refractivity contribution in [2.45, 2.75) is 26.4 Å². The first-order valence-electron chi connectivity index (χ1n) is 5.69. The second-order valence-electron chi connectivity index (χ2n) is 4.33. The van der Waals surface area contributed by atoms with Crippen molar-refractivity contribution >= 4 is 11.6 Å². The molecular weight excluding hydrogens is 255 g/mol. The Labute approximate surface area is 110 Å². The fraction of sp³-hybridized carbons (Fsp3) is 0.308. The van der Waals surface area contributed by atoms with Gasteiger partial charge in [-0.2, -0.15) is 5.10 Å².